The van der Waals surface area contributed by atoms with E-state index in [9.17, 15) is 4.79 Å². The summed E-state index contributed by atoms with van der Waals surface area (Å²) < 4.78 is 4.95. The van der Waals surface area contributed by atoms with Gasteiger partial charge in [0.2, 0.25) is 0 Å². The highest BCUT2D eigenvalue weighted by Crippen LogP contribution is 1.94. The van der Waals surface area contributed by atoms with E-state index in [2.05, 4.69) is 6.92 Å². The van der Waals surface area contributed by atoms with Gasteiger partial charge in [0.15, 0.2) is 0 Å². The fraction of sp³-hybridized carbons (Fsp3) is 0.625. The molecule has 0 unspecified atom stereocenters. The van der Waals surface area contributed by atoms with E-state index >= 15 is 0 Å². The van der Waals surface area contributed by atoms with Crippen molar-refractivity contribution in [2.24, 2.45) is 0 Å². The van der Waals surface area contributed by atoms with Crippen molar-refractivity contribution in [1.82, 2.24) is 0 Å². The molecule has 64 valence electrons. The maximum Gasteiger partial charge on any atom is 0.334 e. The smallest absolute Gasteiger partial charge is 0.334 e. The molecule has 0 radical (unpaired) electrons. The Balaban J connectivity index is 3.48. The molecule has 0 bridgehead atoms. The van der Waals surface area contributed by atoms with Gasteiger partial charge in [-0.2, -0.15) is 0 Å². The van der Waals surface area contributed by atoms with E-state index in [0.717, 1.165) is 12.8 Å². The molecule has 0 heterocycles. The lowest BCUT2D eigenvalue weighted by molar-refractivity contribution is -0.132. The minimum Gasteiger partial charge on any atom is -0.501 e. The van der Waals surface area contributed by atoms with Crippen molar-refractivity contribution in [2.75, 3.05) is 6.61 Å². The SMILES string of the molecule is CCCCO/C=C(\C)C(=O)O. The van der Waals surface area contributed by atoms with E-state index in [1.54, 1.807) is 0 Å². The summed E-state index contributed by atoms with van der Waals surface area (Å²) in [7, 11) is 0. The van der Waals surface area contributed by atoms with Crippen molar-refractivity contribution in [3.63, 3.8) is 0 Å². The Kier molecular flexibility index (Phi) is 5.25. The van der Waals surface area contributed by atoms with Crippen molar-refractivity contribution < 1.29 is 14.6 Å². The van der Waals surface area contributed by atoms with Crippen molar-refractivity contribution in [3.05, 3.63) is 11.8 Å². The summed E-state index contributed by atoms with van der Waals surface area (Å²) in [6.45, 7) is 4.16. The third kappa shape index (κ3) is 5.45. The Morgan fingerprint density at radius 1 is 1.64 bits per heavy atom. The molecular formula is C8H14O3. The van der Waals surface area contributed by atoms with Crippen LogP contribution in [0.4, 0.5) is 0 Å². The van der Waals surface area contributed by atoms with Gasteiger partial charge in [-0.3, -0.25) is 0 Å². The number of hydrogen-bond acceptors (Lipinski definition) is 2. The van der Waals surface area contributed by atoms with Crippen LogP contribution in [0.5, 0.6) is 0 Å². The first-order valence-electron chi connectivity index (χ1n) is 3.70. The van der Waals surface area contributed by atoms with Crippen LogP contribution >= 0.6 is 0 Å². The van der Waals surface area contributed by atoms with Gasteiger partial charge >= 0.3 is 5.97 Å². The second kappa shape index (κ2) is 5.77. The molecule has 0 aliphatic heterocycles. The quantitative estimate of drug-likeness (QED) is 0.377. The van der Waals surface area contributed by atoms with E-state index in [-0.39, 0.29) is 5.57 Å². The normalized spacial score (nSPS) is 11.3. The molecule has 0 atom stereocenters. The zero-order chi connectivity index (χ0) is 8.69. The molecule has 0 aromatic rings. The summed E-state index contributed by atoms with van der Waals surface area (Å²) >= 11 is 0. The molecule has 0 fully saturated rings. The van der Waals surface area contributed by atoms with Gasteiger partial charge in [0.05, 0.1) is 18.4 Å². The van der Waals surface area contributed by atoms with Crippen molar-refractivity contribution >= 4 is 5.97 Å². The summed E-state index contributed by atoms with van der Waals surface area (Å²) in [5.41, 5.74) is 0.237. The molecule has 11 heavy (non-hydrogen) atoms. The lowest BCUT2D eigenvalue weighted by Crippen LogP contribution is -1.97. The van der Waals surface area contributed by atoms with Gasteiger partial charge in [-0.25, -0.2) is 4.79 Å². The van der Waals surface area contributed by atoms with Crippen LogP contribution in [-0.4, -0.2) is 17.7 Å². The second-order valence-electron chi connectivity index (χ2n) is 2.33. The molecule has 0 aromatic carbocycles. The summed E-state index contributed by atoms with van der Waals surface area (Å²) in [4.78, 5) is 10.2. The summed E-state index contributed by atoms with van der Waals surface area (Å²) in [5, 5.41) is 8.39. The predicted octanol–water partition coefficient (Wildman–Crippen LogP) is 1.79. The molecule has 0 aromatic heterocycles. The predicted molar refractivity (Wildman–Crippen MR) is 42.3 cm³/mol. The zero-order valence-corrected chi connectivity index (χ0v) is 6.96. The highest BCUT2D eigenvalue weighted by molar-refractivity contribution is 5.85. The third-order valence-corrected chi connectivity index (χ3v) is 1.21. The number of carbonyl (C=O) groups is 1. The zero-order valence-electron chi connectivity index (χ0n) is 6.96. The molecule has 0 rings (SSSR count). The number of carboxylic acids is 1. The summed E-state index contributed by atoms with van der Waals surface area (Å²) in [6.07, 6.45) is 3.31. The Hall–Kier alpha value is -0.990. The lowest BCUT2D eigenvalue weighted by Gasteiger charge is -1.98. The Morgan fingerprint density at radius 2 is 2.27 bits per heavy atom. The highest BCUT2D eigenvalue weighted by Gasteiger charge is 1.97. The van der Waals surface area contributed by atoms with E-state index in [4.69, 9.17) is 9.84 Å². The van der Waals surface area contributed by atoms with Crippen LogP contribution < -0.4 is 0 Å². The van der Waals surface area contributed by atoms with Crippen LogP contribution in [-0.2, 0) is 9.53 Å². The third-order valence-electron chi connectivity index (χ3n) is 1.21. The van der Waals surface area contributed by atoms with E-state index in [0.29, 0.717) is 6.61 Å². The van der Waals surface area contributed by atoms with Gasteiger partial charge in [0, 0.05) is 0 Å². The molecule has 0 saturated carbocycles. The second-order valence-corrected chi connectivity index (χ2v) is 2.33. The summed E-state index contributed by atoms with van der Waals surface area (Å²) in [6, 6.07) is 0. The van der Waals surface area contributed by atoms with Crippen molar-refractivity contribution in [1.29, 1.82) is 0 Å². The fourth-order valence-corrected chi connectivity index (χ4v) is 0.462. The average molecular weight is 158 g/mol. The molecule has 0 aliphatic carbocycles. The van der Waals surface area contributed by atoms with E-state index in [1.807, 2.05) is 0 Å². The molecule has 0 amide bonds. The van der Waals surface area contributed by atoms with Crippen LogP contribution in [0.1, 0.15) is 26.7 Å². The van der Waals surface area contributed by atoms with Gasteiger partial charge in [-0.1, -0.05) is 13.3 Å². The van der Waals surface area contributed by atoms with Gasteiger partial charge in [0.25, 0.3) is 0 Å². The number of ether oxygens (including phenoxy) is 1. The molecule has 3 heteroatoms. The average Bonchev–Trinajstić information content (AvgIpc) is 1.97. The van der Waals surface area contributed by atoms with Crippen molar-refractivity contribution in [3.8, 4) is 0 Å². The van der Waals surface area contributed by atoms with Crippen LogP contribution in [0.25, 0.3) is 0 Å². The van der Waals surface area contributed by atoms with E-state index in [1.165, 1.54) is 13.2 Å². The lowest BCUT2D eigenvalue weighted by atomic mass is 10.3. The van der Waals surface area contributed by atoms with Crippen LogP contribution in [0.2, 0.25) is 0 Å². The highest BCUT2D eigenvalue weighted by atomic mass is 16.5. The Labute approximate surface area is 66.7 Å². The van der Waals surface area contributed by atoms with Gasteiger partial charge < -0.3 is 9.84 Å². The number of rotatable bonds is 5. The first kappa shape index (κ1) is 10.0. The van der Waals surface area contributed by atoms with Crippen LogP contribution in [0.3, 0.4) is 0 Å². The number of carboxylic acid groups (broad SMARTS) is 1. The topological polar surface area (TPSA) is 46.5 Å². The minimum absolute atomic E-state index is 0.237. The summed E-state index contributed by atoms with van der Waals surface area (Å²) in [5.74, 6) is -0.929. The molecule has 3 nitrogen and oxygen atoms in total. The van der Waals surface area contributed by atoms with Gasteiger partial charge in [-0.15, -0.1) is 0 Å². The van der Waals surface area contributed by atoms with Crippen molar-refractivity contribution in [2.45, 2.75) is 26.7 Å². The minimum atomic E-state index is -0.929. The largest absolute Gasteiger partial charge is 0.501 e. The maximum absolute atomic E-state index is 10.2. The van der Waals surface area contributed by atoms with Crippen LogP contribution in [0.15, 0.2) is 11.8 Å². The first-order chi connectivity index (χ1) is 5.18. The molecule has 1 N–H and O–H groups in total. The van der Waals surface area contributed by atoms with Crippen LogP contribution in [0, 0.1) is 0 Å². The Bertz CT molecular complexity index is 149. The number of unbranched alkanes of at least 4 members (excludes halogenated alkanes) is 1. The molecule has 0 saturated heterocycles. The van der Waals surface area contributed by atoms with E-state index < -0.39 is 5.97 Å². The standard InChI is InChI=1S/C8H14O3/c1-3-4-5-11-6-7(2)8(9)10/h6H,3-5H2,1-2H3,(H,9,10)/b7-6+. The monoisotopic (exact) mass is 158 g/mol. The van der Waals surface area contributed by atoms with Gasteiger partial charge in [0.1, 0.15) is 0 Å². The Morgan fingerprint density at radius 3 is 2.73 bits per heavy atom. The number of hydrogen-bond donors (Lipinski definition) is 1. The molecule has 0 aliphatic rings. The molecule has 0 spiro atoms. The molecular weight excluding hydrogens is 144 g/mol. The first-order valence-corrected chi connectivity index (χ1v) is 3.70. The maximum atomic E-state index is 10.2. The fourth-order valence-electron chi connectivity index (χ4n) is 0.462. The number of aliphatic carboxylic acids is 1. The van der Waals surface area contributed by atoms with Gasteiger partial charge in [-0.05, 0) is 13.3 Å².